The number of carboxylic acid groups (broad SMARTS) is 3. The smallest absolute Gasteiger partial charge is 0.328 e. The third-order valence-electron chi connectivity index (χ3n) is 19.1. The van der Waals surface area contributed by atoms with Gasteiger partial charge in [0.1, 0.15) is 67.0 Å². The van der Waals surface area contributed by atoms with Crippen LogP contribution in [0, 0.1) is 11.8 Å². The zero-order valence-electron chi connectivity index (χ0n) is 67.9. The number of aliphatic hydroxyl groups excluding tert-OH is 2. The average Bonchev–Trinajstić information content (AvgIpc) is 1.62. The average molecular weight is 1680 g/mol. The SMILES string of the molecule is CCCCCCCCCCCCCCCC(=O)OCCSC[C@H](NC(=O)[C@@H]1CCCN1C(=O)[C@H](CCCN=C(N)N)NC(=O)[C@H](CO)NC(=O)[C@H](CC(C)C)NC(=O)[C@H](Cc1ccccc1)NC(=O)[C@H](CS)NC(=O)[C@H](CC(=O)O)NC(=O)[C@@H](N)C(C)C)C(=O)N[C@@H](CCC(=O)O)C(=O)N[C@@H](CCCCN)C(=O)N[C@H](C(=O)O)[C@@H](C)O. The van der Waals surface area contributed by atoms with Crippen molar-refractivity contribution >= 4 is 119 Å². The lowest BCUT2D eigenvalue weighted by Gasteiger charge is -2.31. The summed E-state index contributed by atoms with van der Waals surface area (Å²) in [4.78, 5) is 210. The second-order valence-corrected chi connectivity index (χ2v) is 31.3. The molecule has 23 N–H and O–H groups in total. The second-order valence-electron chi connectivity index (χ2n) is 29.8. The van der Waals surface area contributed by atoms with Gasteiger partial charge in [-0.25, -0.2) is 4.79 Å². The molecule has 1 aliphatic rings. The normalized spacial score (nSPS) is 15.7. The Balaban J connectivity index is 2.54. The molecular formula is C77H130N16O21S2. The third-order valence-corrected chi connectivity index (χ3v) is 20.5. The summed E-state index contributed by atoms with van der Waals surface area (Å²) < 4.78 is 5.51. The maximum absolute atomic E-state index is 15.0. The molecule has 0 unspecified atom stereocenters. The van der Waals surface area contributed by atoms with E-state index in [4.69, 9.17) is 27.7 Å². The van der Waals surface area contributed by atoms with Crippen molar-refractivity contribution in [3.05, 3.63) is 35.9 Å². The lowest BCUT2D eigenvalue weighted by atomic mass is 10.0. The van der Waals surface area contributed by atoms with Gasteiger partial charge in [0.05, 0.1) is 25.2 Å². The number of carbonyl (C=O) groups excluding carboxylic acids is 12. The van der Waals surface area contributed by atoms with Crippen LogP contribution in [0.5, 0.6) is 0 Å². The van der Waals surface area contributed by atoms with Crippen molar-refractivity contribution in [2.24, 2.45) is 39.8 Å². The van der Waals surface area contributed by atoms with E-state index in [1.165, 1.54) is 51.4 Å². The Morgan fingerprint density at radius 1 is 0.569 bits per heavy atom. The number of carbonyl (C=O) groups is 15. The molecule has 0 spiro atoms. The third kappa shape index (κ3) is 41.8. The number of thioether (sulfide) groups is 1. The number of carboxylic acids is 3. The van der Waals surface area contributed by atoms with Crippen LogP contribution in [-0.2, 0) is 83.1 Å². The lowest BCUT2D eigenvalue weighted by molar-refractivity contribution is -0.145. The number of rotatable bonds is 62. The van der Waals surface area contributed by atoms with Gasteiger partial charge in [0.25, 0.3) is 0 Å². The molecule has 0 saturated carbocycles. The molecule has 116 heavy (non-hydrogen) atoms. The predicted molar refractivity (Wildman–Crippen MR) is 437 cm³/mol. The number of nitrogens with two attached hydrogens (primary N) is 4. The Morgan fingerprint density at radius 2 is 1.07 bits per heavy atom. The molecule has 1 heterocycles. The van der Waals surface area contributed by atoms with Crippen LogP contribution < -0.4 is 76.1 Å². The van der Waals surface area contributed by atoms with Crippen molar-refractivity contribution in [1.29, 1.82) is 0 Å². The number of aliphatic hydroxyl groups is 2. The lowest BCUT2D eigenvalue weighted by Crippen LogP contribution is -2.61. The number of thiol groups is 1. The van der Waals surface area contributed by atoms with E-state index in [2.05, 4.69) is 77.7 Å². The van der Waals surface area contributed by atoms with Crippen LogP contribution in [0.1, 0.15) is 208 Å². The van der Waals surface area contributed by atoms with Crippen LogP contribution >= 0.6 is 24.4 Å². The Hall–Kier alpha value is -8.92. The first-order chi connectivity index (χ1) is 55.1. The number of amides is 11. The van der Waals surface area contributed by atoms with Gasteiger partial charge in [-0.3, -0.25) is 72.1 Å². The Bertz CT molecular complexity index is 3300. The van der Waals surface area contributed by atoms with E-state index in [-0.39, 0.29) is 107 Å². The molecule has 39 heteroatoms. The molecule has 1 aliphatic heterocycles. The highest BCUT2D eigenvalue weighted by Gasteiger charge is 2.42. The number of esters is 1. The monoisotopic (exact) mass is 1680 g/mol. The zero-order valence-corrected chi connectivity index (χ0v) is 69.6. The number of unbranched alkanes of at least 4 members (excludes halogenated alkanes) is 13. The summed E-state index contributed by atoms with van der Waals surface area (Å²) in [6.45, 7) is 8.81. The molecule has 11 amide bonds. The molecule has 0 radical (unpaired) electrons. The first-order valence-corrected chi connectivity index (χ1v) is 42.1. The van der Waals surface area contributed by atoms with Crippen LogP contribution in [0.15, 0.2) is 35.3 Å². The Morgan fingerprint density at radius 3 is 1.62 bits per heavy atom. The number of aliphatic carboxylic acids is 3. The number of hydrogen-bond donors (Lipinski definition) is 20. The molecule has 0 bridgehead atoms. The summed E-state index contributed by atoms with van der Waals surface area (Å²) in [6.07, 6.45) is 11.1. The van der Waals surface area contributed by atoms with E-state index in [1.807, 2.05) is 0 Å². The van der Waals surface area contributed by atoms with Crippen LogP contribution in [0.25, 0.3) is 0 Å². The van der Waals surface area contributed by atoms with Crippen LogP contribution in [0.2, 0.25) is 0 Å². The first-order valence-electron chi connectivity index (χ1n) is 40.3. The molecule has 1 aromatic carbocycles. The van der Waals surface area contributed by atoms with E-state index in [1.54, 1.807) is 58.0 Å². The number of likely N-dealkylation sites (tertiary alicyclic amines) is 1. The van der Waals surface area contributed by atoms with Gasteiger partial charge in [0.15, 0.2) is 12.0 Å². The molecule has 1 saturated heterocycles. The minimum Gasteiger partial charge on any atom is -0.481 e. The molecule has 13 atom stereocenters. The summed E-state index contributed by atoms with van der Waals surface area (Å²) in [5.74, 6) is -17.4. The van der Waals surface area contributed by atoms with E-state index < -0.39 is 205 Å². The molecule has 0 aliphatic carbocycles. The fourth-order valence-corrected chi connectivity index (χ4v) is 13.5. The summed E-state index contributed by atoms with van der Waals surface area (Å²) in [5, 5.41) is 74.7. The number of hydrogen-bond acceptors (Lipinski definition) is 23. The molecule has 37 nitrogen and oxygen atoms in total. The number of benzene rings is 1. The maximum atomic E-state index is 15.0. The molecule has 1 aromatic rings. The second kappa shape index (κ2) is 58.0. The van der Waals surface area contributed by atoms with Gasteiger partial charge in [-0.05, 0) is 95.1 Å². The maximum Gasteiger partial charge on any atom is 0.328 e. The highest BCUT2D eigenvalue weighted by atomic mass is 32.2. The number of aliphatic imine (C=N–C) groups is 1. The van der Waals surface area contributed by atoms with E-state index in [0.717, 1.165) is 49.3 Å². The number of guanidine groups is 1. The largest absolute Gasteiger partial charge is 0.481 e. The number of ether oxygens (including phenoxy) is 1. The van der Waals surface area contributed by atoms with Gasteiger partial charge in [0.2, 0.25) is 65.0 Å². The zero-order chi connectivity index (χ0) is 86.8. The van der Waals surface area contributed by atoms with Crippen molar-refractivity contribution in [3.8, 4) is 0 Å². The standard InChI is InChI=1S/C77H130N16O21S2/c1-7-8-9-10-11-12-13-14-15-16-17-18-22-32-62(100)114-38-39-116-45-58(72(108)84-51(33-34-60(96)97)65(101)83-50(29-23-24-35-78)66(102)92-64(48(6)95)76(112)113)91-73(109)59-31-26-37-93(59)75(111)52(30-25-36-82-77(80)81)85-70(106)56(43-94)89-67(103)53(40-46(2)3)86-68(104)54(41-49-27-20-19-21-28-49)87-71(107)57(44-115)90-69(105)55(42-61(98)99)88-74(110)63(79)47(4)5/h19-21,27-28,46-48,50-59,63-64,94-95,115H,7-18,22-26,29-45,78-79H2,1-6H3,(H,83,101)(H,84,108)(H,85,106)(H,86,104)(H,87,107)(H,88,110)(H,89,103)(H,90,105)(H,91,109)(H,92,102)(H,96,97)(H,98,99)(H,112,113)(H4,80,81,82)/t48-,50+,51+,52+,53+,54+,55+,56+,57+,58+,59+,63+,64+/m1/s1. The molecule has 1 fully saturated rings. The van der Waals surface area contributed by atoms with Gasteiger partial charge < -0.3 is 111 Å². The first kappa shape index (κ1) is 103. The van der Waals surface area contributed by atoms with Gasteiger partial charge in [0, 0.05) is 49.6 Å². The minimum atomic E-state index is -1.83. The Kier molecular flexibility index (Phi) is 51.6. The summed E-state index contributed by atoms with van der Waals surface area (Å²) in [5.41, 5.74) is 23.4. The number of nitrogens with one attached hydrogen (secondary N) is 10. The van der Waals surface area contributed by atoms with Crippen molar-refractivity contribution < 1.29 is 102 Å². The van der Waals surface area contributed by atoms with E-state index in [0.29, 0.717) is 18.4 Å². The van der Waals surface area contributed by atoms with Gasteiger partial charge in [-0.1, -0.05) is 142 Å². The molecule has 0 aromatic heterocycles. The highest BCUT2D eigenvalue weighted by Crippen LogP contribution is 2.22. The predicted octanol–water partition coefficient (Wildman–Crippen LogP) is -0.235. The Labute approximate surface area is 689 Å². The van der Waals surface area contributed by atoms with Crippen molar-refractivity contribution in [2.75, 3.05) is 50.1 Å². The van der Waals surface area contributed by atoms with Crippen molar-refractivity contribution in [1.82, 2.24) is 58.1 Å². The van der Waals surface area contributed by atoms with Crippen molar-refractivity contribution in [3.63, 3.8) is 0 Å². The number of nitrogens with zero attached hydrogens (tertiary/aromatic N) is 2. The summed E-state index contributed by atoms with van der Waals surface area (Å²) in [7, 11) is 0. The van der Waals surface area contributed by atoms with Gasteiger partial charge >= 0.3 is 23.9 Å². The van der Waals surface area contributed by atoms with Crippen molar-refractivity contribution in [2.45, 2.75) is 287 Å². The fourth-order valence-electron chi connectivity index (χ4n) is 12.4. The summed E-state index contributed by atoms with van der Waals surface area (Å²) >= 11 is 5.28. The topological polar surface area (TPSA) is 606 Å². The van der Waals surface area contributed by atoms with E-state index >= 15 is 4.79 Å². The molecular weight excluding hydrogens is 1550 g/mol. The minimum absolute atomic E-state index is 0.0109. The highest BCUT2D eigenvalue weighted by molar-refractivity contribution is 7.99. The van der Waals surface area contributed by atoms with Crippen LogP contribution in [-0.4, -0.2) is 254 Å². The van der Waals surface area contributed by atoms with Crippen LogP contribution in [0.3, 0.4) is 0 Å². The quantitative estimate of drug-likeness (QED) is 0.0132. The molecule has 656 valence electrons. The fraction of sp³-hybridized carbons (Fsp3) is 0.714. The summed E-state index contributed by atoms with van der Waals surface area (Å²) in [6, 6.07) is -10.4. The van der Waals surface area contributed by atoms with E-state index in [9.17, 15) is 92.7 Å². The van der Waals surface area contributed by atoms with Gasteiger partial charge in [-0.15, -0.1) is 0 Å². The van der Waals surface area contributed by atoms with Gasteiger partial charge in [-0.2, -0.15) is 24.4 Å². The van der Waals surface area contributed by atoms with Crippen LogP contribution in [0.4, 0.5) is 0 Å². The molecule has 2 rings (SSSR count).